The van der Waals surface area contributed by atoms with Crippen LogP contribution in [-0.4, -0.2) is 41.6 Å². The Bertz CT molecular complexity index is 363. The minimum atomic E-state index is 0.0226. The molecule has 1 aromatic rings. The van der Waals surface area contributed by atoms with Gasteiger partial charge in [0.2, 0.25) is 5.91 Å². The number of hydrogen-bond acceptors (Lipinski definition) is 4. The molecule has 1 atom stereocenters. The highest BCUT2D eigenvalue weighted by Crippen LogP contribution is 2.22. The minimum absolute atomic E-state index is 0.0226. The van der Waals surface area contributed by atoms with Crippen LogP contribution in [0.25, 0.3) is 0 Å². The molecule has 0 saturated carbocycles. The molecule has 2 N–H and O–H groups in total. The quantitative estimate of drug-likeness (QED) is 0.686. The number of carbonyl (C=O) groups excluding carboxylic acids is 1. The van der Waals surface area contributed by atoms with Crippen LogP contribution in [0, 0.1) is 5.92 Å². The molecule has 16 heavy (non-hydrogen) atoms. The van der Waals surface area contributed by atoms with Crippen LogP contribution in [0.1, 0.15) is 17.8 Å². The van der Waals surface area contributed by atoms with Crippen LogP contribution in [-0.2, 0) is 22.4 Å². The topological polar surface area (TPSA) is 79.9 Å². The van der Waals surface area contributed by atoms with Crippen molar-refractivity contribution in [2.45, 2.75) is 19.3 Å². The Kier molecular flexibility index (Phi) is 3.51. The molecule has 0 bridgehead atoms. The van der Waals surface area contributed by atoms with Crippen LogP contribution in [0.4, 0.5) is 0 Å². The van der Waals surface area contributed by atoms with Crippen molar-refractivity contribution in [2.24, 2.45) is 5.92 Å². The summed E-state index contributed by atoms with van der Waals surface area (Å²) in [5.41, 5.74) is 1.93. The maximum absolute atomic E-state index is 11.8. The Hall–Kier alpha value is -1.43. The summed E-state index contributed by atoms with van der Waals surface area (Å²) in [4.78, 5) is 11.8. The number of aromatic nitrogens is 3. The predicted molar refractivity (Wildman–Crippen MR) is 56.8 cm³/mol. The molecule has 1 aliphatic rings. The van der Waals surface area contributed by atoms with E-state index in [1.165, 1.54) is 0 Å². The third-order valence-corrected chi connectivity index (χ3v) is 2.85. The molecule has 6 nitrogen and oxygen atoms in total. The zero-order valence-electron chi connectivity index (χ0n) is 9.32. The molecule has 1 heterocycles. The van der Waals surface area contributed by atoms with Crippen LogP contribution < -0.4 is 5.32 Å². The number of H-pyrrole nitrogens is 1. The van der Waals surface area contributed by atoms with Gasteiger partial charge >= 0.3 is 0 Å². The molecule has 1 unspecified atom stereocenters. The first-order chi connectivity index (χ1) is 7.81. The number of methoxy groups -OCH3 is 1. The van der Waals surface area contributed by atoms with Crippen LogP contribution in [0.2, 0.25) is 0 Å². The second-order valence-corrected chi connectivity index (χ2v) is 3.94. The number of nitrogens with one attached hydrogen (secondary N) is 2. The van der Waals surface area contributed by atoms with Gasteiger partial charge in [0, 0.05) is 26.0 Å². The molecule has 88 valence electrons. The Morgan fingerprint density at radius 1 is 1.56 bits per heavy atom. The van der Waals surface area contributed by atoms with E-state index in [0.717, 1.165) is 24.2 Å². The maximum atomic E-state index is 11.8. The summed E-state index contributed by atoms with van der Waals surface area (Å²) in [7, 11) is 1.62. The van der Waals surface area contributed by atoms with Crippen LogP contribution in [0.3, 0.4) is 0 Å². The van der Waals surface area contributed by atoms with Crippen molar-refractivity contribution < 1.29 is 9.53 Å². The number of fused-ring (bicyclic) bond motifs is 1. The highest BCUT2D eigenvalue weighted by atomic mass is 16.5. The fourth-order valence-corrected chi connectivity index (χ4v) is 1.93. The van der Waals surface area contributed by atoms with E-state index in [9.17, 15) is 4.79 Å². The van der Waals surface area contributed by atoms with Gasteiger partial charge in [-0.25, -0.2) is 0 Å². The number of amides is 1. The second-order valence-electron chi connectivity index (χ2n) is 3.94. The average Bonchev–Trinajstić information content (AvgIpc) is 2.76. The van der Waals surface area contributed by atoms with Crippen LogP contribution >= 0.6 is 0 Å². The van der Waals surface area contributed by atoms with Gasteiger partial charge in [0.1, 0.15) is 0 Å². The SMILES string of the molecule is COCCNC(=O)C1CCc2n[nH]nc2C1. The number of nitrogens with zero attached hydrogens (tertiary/aromatic N) is 2. The second kappa shape index (κ2) is 5.07. The summed E-state index contributed by atoms with van der Waals surface area (Å²) < 4.78 is 4.88. The Balaban J connectivity index is 1.86. The third kappa shape index (κ3) is 2.38. The number of aromatic amines is 1. The molecule has 0 spiro atoms. The standard InChI is InChI=1S/C10H16N4O2/c1-16-5-4-11-10(15)7-2-3-8-9(6-7)13-14-12-8/h7H,2-6H2,1H3,(H,11,15)(H,12,13,14). The van der Waals surface area contributed by atoms with Crippen molar-refractivity contribution in [3.8, 4) is 0 Å². The van der Waals surface area contributed by atoms with Gasteiger partial charge in [-0.3, -0.25) is 4.79 Å². The Morgan fingerprint density at radius 2 is 2.38 bits per heavy atom. The highest BCUT2D eigenvalue weighted by molar-refractivity contribution is 5.79. The van der Waals surface area contributed by atoms with E-state index in [0.29, 0.717) is 19.6 Å². The van der Waals surface area contributed by atoms with Gasteiger partial charge < -0.3 is 10.1 Å². The largest absolute Gasteiger partial charge is 0.383 e. The number of hydrogen-bond donors (Lipinski definition) is 2. The van der Waals surface area contributed by atoms with Gasteiger partial charge in [0.25, 0.3) is 0 Å². The van der Waals surface area contributed by atoms with Crippen molar-refractivity contribution in [2.75, 3.05) is 20.3 Å². The van der Waals surface area contributed by atoms with Gasteiger partial charge in [0.05, 0.1) is 18.0 Å². The van der Waals surface area contributed by atoms with Gasteiger partial charge in [-0.2, -0.15) is 15.4 Å². The van der Waals surface area contributed by atoms with Crippen molar-refractivity contribution in [1.29, 1.82) is 0 Å². The molecular weight excluding hydrogens is 208 g/mol. The molecule has 6 heteroatoms. The number of rotatable bonds is 4. The molecule has 0 radical (unpaired) electrons. The molecule has 2 rings (SSSR count). The summed E-state index contributed by atoms with van der Waals surface area (Å²) >= 11 is 0. The van der Waals surface area contributed by atoms with E-state index >= 15 is 0 Å². The first kappa shape index (κ1) is 11.1. The van der Waals surface area contributed by atoms with E-state index in [-0.39, 0.29) is 11.8 Å². The van der Waals surface area contributed by atoms with E-state index < -0.39 is 0 Å². The Morgan fingerprint density at radius 3 is 3.19 bits per heavy atom. The monoisotopic (exact) mass is 224 g/mol. The minimum Gasteiger partial charge on any atom is -0.383 e. The molecule has 1 amide bonds. The summed E-state index contributed by atoms with van der Waals surface area (Å²) in [6.07, 6.45) is 2.36. The van der Waals surface area contributed by atoms with E-state index in [1.54, 1.807) is 7.11 Å². The van der Waals surface area contributed by atoms with E-state index in [4.69, 9.17) is 4.74 Å². The molecule has 0 aromatic carbocycles. The van der Waals surface area contributed by atoms with Crippen molar-refractivity contribution >= 4 is 5.91 Å². The van der Waals surface area contributed by atoms with E-state index in [2.05, 4.69) is 20.7 Å². The van der Waals surface area contributed by atoms with Gasteiger partial charge in [-0.1, -0.05) is 0 Å². The summed E-state index contributed by atoms with van der Waals surface area (Å²) in [5.74, 6) is 0.111. The highest BCUT2D eigenvalue weighted by Gasteiger charge is 2.26. The summed E-state index contributed by atoms with van der Waals surface area (Å²) in [6.45, 7) is 1.12. The molecule has 0 aliphatic heterocycles. The van der Waals surface area contributed by atoms with Crippen molar-refractivity contribution in [3.63, 3.8) is 0 Å². The fraction of sp³-hybridized carbons (Fsp3) is 0.700. The summed E-state index contributed by atoms with van der Waals surface area (Å²) in [5, 5.41) is 13.5. The van der Waals surface area contributed by atoms with Crippen molar-refractivity contribution in [1.82, 2.24) is 20.7 Å². The lowest BCUT2D eigenvalue weighted by Gasteiger charge is -2.19. The zero-order valence-corrected chi connectivity index (χ0v) is 9.32. The average molecular weight is 224 g/mol. The van der Waals surface area contributed by atoms with Crippen LogP contribution in [0.15, 0.2) is 0 Å². The fourth-order valence-electron chi connectivity index (χ4n) is 1.93. The molecule has 1 aliphatic carbocycles. The number of aryl methyl sites for hydroxylation is 1. The first-order valence-electron chi connectivity index (χ1n) is 5.46. The van der Waals surface area contributed by atoms with Gasteiger partial charge in [0.15, 0.2) is 0 Å². The number of ether oxygens (including phenoxy) is 1. The molecule has 0 saturated heterocycles. The lowest BCUT2D eigenvalue weighted by Crippen LogP contribution is -2.35. The van der Waals surface area contributed by atoms with Crippen LogP contribution in [0.5, 0.6) is 0 Å². The molecular formula is C10H16N4O2. The molecule has 1 aromatic heterocycles. The van der Waals surface area contributed by atoms with E-state index in [1.807, 2.05) is 0 Å². The van der Waals surface area contributed by atoms with Gasteiger partial charge in [-0.15, -0.1) is 0 Å². The lowest BCUT2D eigenvalue weighted by atomic mass is 9.89. The zero-order chi connectivity index (χ0) is 11.4. The smallest absolute Gasteiger partial charge is 0.223 e. The Labute approximate surface area is 93.8 Å². The molecule has 0 fully saturated rings. The van der Waals surface area contributed by atoms with Crippen molar-refractivity contribution in [3.05, 3.63) is 11.4 Å². The lowest BCUT2D eigenvalue weighted by molar-refractivity contribution is -0.125. The van der Waals surface area contributed by atoms with Gasteiger partial charge in [-0.05, 0) is 12.8 Å². The normalized spacial score (nSPS) is 19.2. The summed E-state index contributed by atoms with van der Waals surface area (Å²) in [6, 6.07) is 0. The first-order valence-corrected chi connectivity index (χ1v) is 5.46. The maximum Gasteiger partial charge on any atom is 0.223 e. The number of carbonyl (C=O) groups is 1. The third-order valence-electron chi connectivity index (χ3n) is 2.85. The predicted octanol–water partition coefficient (Wildman–Crippen LogP) is -0.328.